The summed E-state index contributed by atoms with van der Waals surface area (Å²) < 4.78 is 37.8. The fraction of sp³-hybridized carbons (Fsp3) is 0.647. The average Bonchev–Trinajstić information content (AvgIpc) is 2.46. The maximum absolute atomic E-state index is 12.6. The molecular formula is C17H27F3Si. The molecule has 0 atom stereocenters. The van der Waals surface area contributed by atoms with Gasteiger partial charge in [-0.3, -0.25) is 0 Å². The number of aryl methyl sites for hydroxylation is 1. The van der Waals surface area contributed by atoms with Crippen LogP contribution in [-0.2, 0) is 12.6 Å². The second-order valence-corrected chi connectivity index (χ2v) is 9.78. The summed E-state index contributed by atoms with van der Waals surface area (Å²) in [5.41, 5.74) is 0.277. The summed E-state index contributed by atoms with van der Waals surface area (Å²) in [5.74, 6) is 0. The molecule has 0 unspecified atom stereocenters. The van der Waals surface area contributed by atoms with Gasteiger partial charge in [0.05, 0.1) is 5.56 Å². The van der Waals surface area contributed by atoms with Crippen molar-refractivity contribution in [3.63, 3.8) is 0 Å². The van der Waals surface area contributed by atoms with E-state index in [-0.39, 0.29) is 0 Å². The molecule has 0 fully saturated rings. The van der Waals surface area contributed by atoms with Gasteiger partial charge in [-0.15, -0.1) is 0 Å². The first-order valence-electron chi connectivity index (χ1n) is 8.13. The molecule has 4 heteroatoms. The highest BCUT2D eigenvalue weighted by molar-refractivity contribution is 6.58. The van der Waals surface area contributed by atoms with E-state index in [1.165, 1.54) is 43.1 Å². The first-order chi connectivity index (χ1) is 9.97. The third-order valence-corrected chi connectivity index (χ3v) is 7.77. The number of alkyl halides is 3. The van der Waals surface area contributed by atoms with E-state index in [4.69, 9.17) is 0 Å². The number of halogens is 3. The Morgan fingerprint density at radius 3 is 2.24 bits per heavy atom. The van der Waals surface area contributed by atoms with Crippen LogP contribution in [0.2, 0.25) is 18.1 Å². The van der Waals surface area contributed by atoms with Gasteiger partial charge in [-0.1, -0.05) is 69.4 Å². The van der Waals surface area contributed by atoms with E-state index in [2.05, 4.69) is 13.8 Å². The first kappa shape index (κ1) is 18.3. The standard InChI is InChI=1S/C17H27F3Si/c1-3-21(4-2)13-8-6-5-7-10-15-11-9-12-16(14-15)17(18,19)20/h9,11-12,14,21H,3-8,10,13H2,1-2H3. The van der Waals surface area contributed by atoms with Gasteiger partial charge >= 0.3 is 6.18 Å². The van der Waals surface area contributed by atoms with E-state index < -0.39 is 20.5 Å². The predicted octanol–water partition coefficient (Wildman–Crippen LogP) is 6.08. The van der Waals surface area contributed by atoms with Gasteiger partial charge in [0.25, 0.3) is 0 Å². The van der Waals surface area contributed by atoms with Crippen molar-refractivity contribution >= 4 is 8.80 Å². The van der Waals surface area contributed by atoms with Gasteiger partial charge in [0.2, 0.25) is 0 Å². The molecule has 1 aromatic carbocycles. The van der Waals surface area contributed by atoms with Crippen molar-refractivity contribution in [2.24, 2.45) is 0 Å². The highest BCUT2D eigenvalue weighted by Gasteiger charge is 2.30. The Morgan fingerprint density at radius 2 is 1.62 bits per heavy atom. The lowest BCUT2D eigenvalue weighted by molar-refractivity contribution is -0.137. The lowest BCUT2D eigenvalue weighted by atomic mass is 10.0. The SMILES string of the molecule is CC[SiH](CC)CCCCCCc1cccc(C(F)(F)F)c1. The highest BCUT2D eigenvalue weighted by Crippen LogP contribution is 2.29. The van der Waals surface area contributed by atoms with Crippen LogP contribution >= 0.6 is 0 Å². The molecule has 120 valence electrons. The Bertz CT molecular complexity index is 397. The van der Waals surface area contributed by atoms with Crippen LogP contribution in [0, 0.1) is 0 Å². The van der Waals surface area contributed by atoms with Gasteiger partial charge in [-0.05, 0) is 24.5 Å². The van der Waals surface area contributed by atoms with Crippen molar-refractivity contribution in [3.05, 3.63) is 35.4 Å². The van der Waals surface area contributed by atoms with Gasteiger partial charge < -0.3 is 0 Å². The minimum Gasteiger partial charge on any atom is -0.166 e. The Hall–Kier alpha value is -0.773. The van der Waals surface area contributed by atoms with Gasteiger partial charge in [0, 0.05) is 8.80 Å². The minimum absolute atomic E-state index is 0.454. The van der Waals surface area contributed by atoms with E-state index in [0.717, 1.165) is 30.9 Å². The van der Waals surface area contributed by atoms with E-state index >= 15 is 0 Å². The molecule has 0 amide bonds. The van der Waals surface area contributed by atoms with Crippen LogP contribution in [0.1, 0.15) is 50.7 Å². The fourth-order valence-electron chi connectivity index (χ4n) is 2.72. The van der Waals surface area contributed by atoms with Crippen molar-refractivity contribution in [2.45, 2.75) is 70.3 Å². The average molecular weight is 316 g/mol. The molecule has 0 aliphatic heterocycles. The molecule has 21 heavy (non-hydrogen) atoms. The topological polar surface area (TPSA) is 0 Å². The summed E-state index contributed by atoms with van der Waals surface area (Å²) in [6.45, 7) is 4.60. The third kappa shape index (κ3) is 7.16. The van der Waals surface area contributed by atoms with Crippen molar-refractivity contribution < 1.29 is 13.2 Å². The van der Waals surface area contributed by atoms with Gasteiger partial charge in [0.15, 0.2) is 0 Å². The predicted molar refractivity (Wildman–Crippen MR) is 86.5 cm³/mol. The number of hydrogen-bond acceptors (Lipinski definition) is 0. The second kappa shape index (κ2) is 9.29. The Balaban J connectivity index is 2.24. The number of hydrogen-bond donors (Lipinski definition) is 0. The number of unbranched alkanes of at least 4 members (excludes halogenated alkanes) is 3. The molecule has 0 aromatic heterocycles. The minimum atomic E-state index is -4.23. The second-order valence-electron chi connectivity index (χ2n) is 5.83. The van der Waals surface area contributed by atoms with Gasteiger partial charge in [0.1, 0.15) is 0 Å². The molecule has 0 nitrogen and oxygen atoms in total. The van der Waals surface area contributed by atoms with Crippen molar-refractivity contribution in [2.75, 3.05) is 0 Å². The molecule has 0 radical (unpaired) electrons. The van der Waals surface area contributed by atoms with Crippen LogP contribution in [0.25, 0.3) is 0 Å². The highest BCUT2D eigenvalue weighted by atomic mass is 28.3. The maximum Gasteiger partial charge on any atom is 0.416 e. The van der Waals surface area contributed by atoms with Crippen LogP contribution in [-0.4, -0.2) is 8.80 Å². The molecule has 0 bridgehead atoms. The molecular weight excluding hydrogens is 289 g/mol. The summed E-state index contributed by atoms with van der Waals surface area (Å²) >= 11 is 0. The third-order valence-electron chi connectivity index (χ3n) is 4.24. The van der Waals surface area contributed by atoms with Crippen LogP contribution < -0.4 is 0 Å². The summed E-state index contributed by atoms with van der Waals surface area (Å²) in [6, 6.07) is 9.95. The monoisotopic (exact) mass is 316 g/mol. The molecule has 0 N–H and O–H groups in total. The summed E-state index contributed by atoms with van der Waals surface area (Å²) in [4.78, 5) is 0. The zero-order valence-electron chi connectivity index (χ0n) is 13.2. The van der Waals surface area contributed by atoms with E-state index in [9.17, 15) is 13.2 Å². The lowest BCUT2D eigenvalue weighted by Gasteiger charge is -2.10. The Morgan fingerprint density at radius 1 is 0.952 bits per heavy atom. The Kier molecular flexibility index (Phi) is 8.08. The summed E-state index contributed by atoms with van der Waals surface area (Å²) in [6.07, 6.45) is 1.18. The smallest absolute Gasteiger partial charge is 0.166 e. The van der Waals surface area contributed by atoms with Crippen LogP contribution in [0.3, 0.4) is 0 Å². The quantitative estimate of drug-likeness (QED) is 0.383. The van der Waals surface area contributed by atoms with Crippen molar-refractivity contribution in [1.82, 2.24) is 0 Å². The first-order valence-corrected chi connectivity index (χ1v) is 10.6. The van der Waals surface area contributed by atoms with Gasteiger partial charge in [-0.2, -0.15) is 13.2 Å². The molecule has 0 heterocycles. The molecule has 0 saturated carbocycles. The van der Waals surface area contributed by atoms with E-state index in [0.29, 0.717) is 0 Å². The number of rotatable bonds is 9. The molecule has 1 rings (SSSR count). The van der Waals surface area contributed by atoms with E-state index in [1.54, 1.807) is 6.07 Å². The number of benzene rings is 1. The van der Waals surface area contributed by atoms with Gasteiger partial charge in [-0.25, -0.2) is 0 Å². The molecule has 0 spiro atoms. The largest absolute Gasteiger partial charge is 0.416 e. The van der Waals surface area contributed by atoms with E-state index in [1.807, 2.05) is 0 Å². The lowest BCUT2D eigenvalue weighted by Crippen LogP contribution is -2.07. The zero-order chi connectivity index (χ0) is 15.7. The normalized spacial score (nSPS) is 12.1. The van der Waals surface area contributed by atoms with Crippen LogP contribution in [0.15, 0.2) is 24.3 Å². The summed E-state index contributed by atoms with van der Waals surface area (Å²) in [5, 5.41) is 0. The molecule has 0 saturated heterocycles. The summed E-state index contributed by atoms with van der Waals surface area (Å²) in [7, 11) is -0.454. The Labute approximate surface area is 128 Å². The zero-order valence-corrected chi connectivity index (χ0v) is 14.3. The maximum atomic E-state index is 12.6. The molecule has 0 aliphatic rings. The van der Waals surface area contributed by atoms with Crippen molar-refractivity contribution in [1.29, 1.82) is 0 Å². The molecule has 0 aliphatic carbocycles. The fourth-order valence-corrected chi connectivity index (χ4v) is 4.98. The molecule has 1 aromatic rings. The van der Waals surface area contributed by atoms with Crippen LogP contribution in [0.5, 0.6) is 0 Å². The van der Waals surface area contributed by atoms with Crippen molar-refractivity contribution in [3.8, 4) is 0 Å². The van der Waals surface area contributed by atoms with Crippen LogP contribution in [0.4, 0.5) is 13.2 Å².